The van der Waals surface area contributed by atoms with Crippen LogP contribution in [0.1, 0.15) is 25.1 Å². The molecule has 2 N–H and O–H groups in total. The lowest BCUT2D eigenvalue weighted by molar-refractivity contribution is 0.356. The Morgan fingerprint density at radius 2 is 2.54 bits per heavy atom. The van der Waals surface area contributed by atoms with E-state index in [-0.39, 0.29) is 0 Å². The van der Waals surface area contributed by atoms with Gasteiger partial charge in [-0.05, 0) is 38.3 Å². The van der Waals surface area contributed by atoms with Crippen LogP contribution in [0, 0.1) is 5.92 Å². The molecule has 4 heteroatoms. The molecule has 0 radical (unpaired) electrons. The normalized spacial score (nSPS) is 23.2. The topological polar surface area (TPSA) is 53.6 Å². The Bertz CT molecular complexity index is 226. The van der Waals surface area contributed by atoms with Gasteiger partial charge in [-0.25, -0.2) is 4.98 Å². The molecule has 2 rings (SSSR count). The molecule has 0 amide bonds. The van der Waals surface area contributed by atoms with Crippen molar-refractivity contribution in [1.29, 1.82) is 0 Å². The molecule has 0 saturated carbocycles. The molecule has 0 aromatic carbocycles. The van der Waals surface area contributed by atoms with E-state index in [0.717, 1.165) is 18.2 Å². The molecule has 13 heavy (non-hydrogen) atoms. The number of aromatic nitrogens is 3. The number of nitrogens with zero attached hydrogens (tertiary/aromatic N) is 2. The highest BCUT2D eigenvalue weighted by Crippen LogP contribution is 2.15. The van der Waals surface area contributed by atoms with Crippen LogP contribution < -0.4 is 5.32 Å². The fraction of sp³-hybridized carbons (Fsp3) is 0.778. The second-order valence-corrected chi connectivity index (χ2v) is 3.68. The van der Waals surface area contributed by atoms with Crippen LogP contribution >= 0.6 is 0 Å². The van der Waals surface area contributed by atoms with Gasteiger partial charge in [-0.1, -0.05) is 0 Å². The number of hydrogen-bond acceptors (Lipinski definition) is 3. The minimum atomic E-state index is 0.832. The van der Waals surface area contributed by atoms with E-state index >= 15 is 0 Å². The fourth-order valence-corrected chi connectivity index (χ4v) is 1.86. The SMILES string of the molecule is c1n[nH]c(CCC2CCCNC2)n1. The van der Waals surface area contributed by atoms with E-state index in [0.29, 0.717) is 0 Å². The van der Waals surface area contributed by atoms with Crippen molar-refractivity contribution in [1.82, 2.24) is 20.5 Å². The molecule has 72 valence electrons. The van der Waals surface area contributed by atoms with Crippen LogP contribution in [0.25, 0.3) is 0 Å². The van der Waals surface area contributed by atoms with Crippen molar-refractivity contribution in [3.63, 3.8) is 0 Å². The lowest BCUT2D eigenvalue weighted by Crippen LogP contribution is -2.29. The Morgan fingerprint density at radius 3 is 3.23 bits per heavy atom. The van der Waals surface area contributed by atoms with Gasteiger partial charge >= 0.3 is 0 Å². The zero-order valence-corrected chi connectivity index (χ0v) is 7.79. The third-order valence-electron chi connectivity index (χ3n) is 2.65. The first-order chi connectivity index (χ1) is 6.45. The van der Waals surface area contributed by atoms with Crippen LogP contribution in [0.15, 0.2) is 6.33 Å². The summed E-state index contributed by atoms with van der Waals surface area (Å²) >= 11 is 0. The molecule has 1 aliphatic rings. The number of hydrogen-bond donors (Lipinski definition) is 2. The van der Waals surface area contributed by atoms with E-state index in [4.69, 9.17) is 0 Å². The van der Waals surface area contributed by atoms with E-state index in [1.54, 1.807) is 6.33 Å². The Hall–Kier alpha value is -0.900. The molecule has 0 spiro atoms. The molecule has 1 aromatic heterocycles. The maximum Gasteiger partial charge on any atom is 0.137 e. The predicted molar refractivity (Wildman–Crippen MR) is 50.3 cm³/mol. The third-order valence-corrected chi connectivity index (χ3v) is 2.65. The van der Waals surface area contributed by atoms with Gasteiger partial charge in [0.15, 0.2) is 0 Å². The maximum absolute atomic E-state index is 4.11. The molecule has 0 aliphatic carbocycles. The van der Waals surface area contributed by atoms with Crippen LogP contribution in [-0.2, 0) is 6.42 Å². The summed E-state index contributed by atoms with van der Waals surface area (Å²) in [7, 11) is 0. The van der Waals surface area contributed by atoms with Crippen LogP contribution in [0.4, 0.5) is 0 Å². The fourth-order valence-electron chi connectivity index (χ4n) is 1.86. The Morgan fingerprint density at radius 1 is 1.54 bits per heavy atom. The molecule has 2 heterocycles. The summed E-state index contributed by atoms with van der Waals surface area (Å²) < 4.78 is 0. The number of piperidine rings is 1. The lowest BCUT2D eigenvalue weighted by Gasteiger charge is -2.21. The predicted octanol–water partition coefficient (Wildman–Crippen LogP) is 0.737. The van der Waals surface area contributed by atoms with Crippen LogP contribution in [0.3, 0.4) is 0 Å². The summed E-state index contributed by atoms with van der Waals surface area (Å²) in [5.74, 6) is 1.85. The summed E-state index contributed by atoms with van der Waals surface area (Å²) in [6.07, 6.45) is 6.52. The van der Waals surface area contributed by atoms with Gasteiger partial charge in [0.05, 0.1) is 0 Å². The van der Waals surface area contributed by atoms with E-state index in [1.165, 1.54) is 32.4 Å². The molecule has 1 atom stereocenters. The van der Waals surface area contributed by atoms with E-state index in [9.17, 15) is 0 Å². The second-order valence-electron chi connectivity index (χ2n) is 3.68. The van der Waals surface area contributed by atoms with Crippen molar-refractivity contribution in [2.75, 3.05) is 13.1 Å². The highest BCUT2D eigenvalue weighted by molar-refractivity contribution is 4.82. The molecule has 4 nitrogen and oxygen atoms in total. The number of rotatable bonds is 3. The van der Waals surface area contributed by atoms with Gasteiger partial charge in [0.1, 0.15) is 12.2 Å². The molecule has 1 fully saturated rings. The van der Waals surface area contributed by atoms with Gasteiger partial charge in [-0.3, -0.25) is 5.10 Å². The number of H-pyrrole nitrogens is 1. The van der Waals surface area contributed by atoms with Crippen LogP contribution in [0.2, 0.25) is 0 Å². The van der Waals surface area contributed by atoms with Gasteiger partial charge in [-0.15, -0.1) is 0 Å². The summed E-state index contributed by atoms with van der Waals surface area (Å²) in [4.78, 5) is 4.11. The first-order valence-electron chi connectivity index (χ1n) is 5.00. The molecule has 1 unspecified atom stereocenters. The molecular weight excluding hydrogens is 164 g/mol. The first-order valence-corrected chi connectivity index (χ1v) is 5.00. The van der Waals surface area contributed by atoms with Gasteiger partial charge in [0.25, 0.3) is 0 Å². The Balaban J connectivity index is 1.72. The number of aryl methyl sites for hydroxylation is 1. The average Bonchev–Trinajstić information content (AvgIpc) is 2.69. The smallest absolute Gasteiger partial charge is 0.137 e. The standard InChI is InChI=1S/C9H16N4/c1-2-8(6-10-5-1)3-4-9-11-7-12-13-9/h7-8,10H,1-6H2,(H,11,12,13). The average molecular weight is 180 g/mol. The van der Waals surface area contributed by atoms with Crippen molar-refractivity contribution >= 4 is 0 Å². The Kier molecular flexibility index (Phi) is 2.92. The number of aromatic amines is 1. The van der Waals surface area contributed by atoms with Gasteiger partial charge in [-0.2, -0.15) is 5.10 Å². The van der Waals surface area contributed by atoms with Crippen molar-refractivity contribution in [3.8, 4) is 0 Å². The van der Waals surface area contributed by atoms with Crippen molar-refractivity contribution in [3.05, 3.63) is 12.2 Å². The largest absolute Gasteiger partial charge is 0.316 e. The van der Waals surface area contributed by atoms with Gasteiger partial charge < -0.3 is 5.32 Å². The third kappa shape index (κ3) is 2.52. The summed E-state index contributed by atoms with van der Waals surface area (Å²) in [6, 6.07) is 0. The monoisotopic (exact) mass is 180 g/mol. The van der Waals surface area contributed by atoms with Crippen LogP contribution in [0.5, 0.6) is 0 Å². The van der Waals surface area contributed by atoms with Crippen molar-refractivity contribution in [2.24, 2.45) is 5.92 Å². The highest BCUT2D eigenvalue weighted by atomic mass is 15.2. The van der Waals surface area contributed by atoms with E-state index in [2.05, 4.69) is 20.5 Å². The summed E-state index contributed by atoms with van der Waals surface area (Å²) in [6.45, 7) is 2.37. The zero-order valence-electron chi connectivity index (χ0n) is 7.79. The number of nitrogens with one attached hydrogen (secondary N) is 2. The van der Waals surface area contributed by atoms with Crippen LogP contribution in [-0.4, -0.2) is 28.3 Å². The minimum Gasteiger partial charge on any atom is -0.316 e. The maximum atomic E-state index is 4.11. The first kappa shape index (κ1) is 8.69. The summed E-state index contributed by atoms with van der Waals surface area (Å²) in [5, 5.41) is 10.1. The molecule has 1 saturated heterocycles. The van der Waals surface area contributed by atoms with Gasteiger partial charge in [0, 0.05) is 6.42 Å². The minimum absolute atomic E-state index is 0.832. The summed E-state index contributed by atoms with van der Waals surface area (Å²) in [5.41, 5.74) is 0. The quantitative estimate of drug-likeness (QED) is 0.721. The highest BCUT2D eigenvalue weighted by Gasteiger charge is 2.12. The van der Waals surface area contributed by atoms with Gasteiger partial charge in [0.2, 0.25) is 0 Å². The van der Waals surface area contributed by atoms with Crippen molar-refractivity contribution in [2.45, 2.75) is 25.7 Å². The van der Waals surface area contributed by atoms with Crippen molar-refractivity contribution < 1.29 is 0 Å². The molecule has 1 aromatic rings. The van der Waals surface area contributed by atoms with E-state index in [1.807, 2.05) is 0 Å². The molecular formula is C9H16N4. The molecule has 0 bridgehead atoms. The second kappa shape index (κ2) is 4.37. The lowest BCUT2D eigenvalue weighted by atomic mass is 9.95. The molecule has 1 aliphatic heterocycles. The zero-order chi connectivity index (χ0) is 8.93. The van der Waals surface area contributed by atoms with E-state index < -0.39 is 0 Å². The Labute approximate surface area is 78.1 Å².